The van der Waals surface area contributed by atoms with Crippen molar-refractivity contribution in [1.82, 2.24) is 5.32 Å². The Morgan fingerprint density at radius 1 is 0.939 bits per heavy atom. The summed E-state index contributed by atoms with van der Waals surface area (Å²) >= 11 is 6.18. The zero-order valence-electron chi connectivity index (χ0n) is 18.1. The number of imide groups is 2. The van der Waals surface area contributed by atoms with Gasteiger partial charge in [0.2, 0.25) is 0 Å². The van der Waals surface area contributed by atoms with E-state index in [4.69, 9.17) is 16.3 Å². The van der Waals surface area contributed by atoms with Crippen LogP contribution < -0.4 is 15.0 Å². The zero-order valence-corrected chi connectivity index (χ0v) is 18.8. The Labute approximate surface area is 196 Å². The molecule has 7 heteroatoms. The van der Waals surface area contributed by atoms with Gasteiger partial charge in [-0.25, -0.2) is 9.69 Å². The number of barbiturate groups is 1. The number of hydrogen-bond acceptors (Lipinski definition) is 4. The first-order chi connectivity index (χ1) is 15.8. The molecule has 1 saturated heterocycles. The summed E-state index contributed by atoms with van der Waals surface area (Å²) in [6.07, 6.45) is 1.39. The maximum atomic E-state index is 13.1. The minimum atomic E-state index is -0.800. The first-order valence-electron chi connectivity index (χ1n) is 10.3. The minimum absolute atomic E-state index is 0.197. The third-order valence-corrected chi connectivity index (χ3v) is 5.59. The van der Waals surface area contributed by atoms with Crippen LogP contribution in [0.25, 0.3) is 6.08 Å². The van der Waals surface area contributed by atoms with Crippen molar-refractivity contribution in [3.05, 3.63) is 99.6 Å². The maximum absolute atomic E-state index is 13.1. The third-order valence-electron chi connectivity index (χ3n) is 5.35. The molecule has 166 valence electrons. The van der Waals surface area contributed by atoms with Gasteiger partial charge in [0.25, 0.3) is 11.8 Å². The highest BCUT2D eigenvalue weighted by atomic mass is 35.5. The molecule has 33 heavy (non-hydrogen) atoms. The number of benzene rings is 3. The Bertz CT molecular complexity index is 1280. The number of ether oxygens (including phenoxy) is 1. The number of halogens is 1. The molecule has 0 spiro atoms. The molecule has 0 radical (unpaired) electrons. The van der Waals surface area contributed by atoms with Gasteiger partial charge in [-0.15, -0.1) is 0 Å². The molecule has 0 aromatic heterocycles. The van der Waals surface area contributed by atoms with Gasteiger partial charge >= 0.3 is 6.03 Å². The van der Waals surface area contributed by atoms with Crippen LogP contribution in [0.5, 0.6) is 5.75 Å². The van der Waals surface area contributed by atoms with E-state index in [0.29, 0.717) is 28.6 Å². The van der Waals surface area contributed by atoms with Gasteiger partial charge in [-0.05, 0) is 66.9 Å². The molecule has 0 saturated carbocycles. The molecular weight excluding hydrogens is 440 g/mol. The first kappa shape index (κ1) is 22.3. The predicted molar refractivity (Wildman–Crippen MR) is 127 cm³/mol. The summed E-state index contributed by atoms with van der Waals surface area (Å²) in [4.78, 5) is 38.9. The van der Waals surface area contributed by atoms with Crippen LogP contribution in [0, 0.1) is 13.8 Å². The van der Waals surface area contributed by atoms with Crippen LogP contribution in [0.1, 0.15) is 22.3 Å². The smallest absolute Gasteiger partial charge is 0.335 e. The summed E-state index contributed by atoms with van der Waals surface area (Å²) in [6, 6.07) is 18.6. The minimum Gasteiger partial charge on any atom is -0.488 e. The average molecular weight is 461 g/mol. The monoisotopic (exact) mass is 460 g/mol. The number of hydrogen-bond donors (Lipinski definition) is 1. The van der Waals surface area contributed by atoms with Crippen molar-refractivity contribution in [1.29, 1.82) is 0 Å². The SMILES string of the molecule is Cc1ccc(COc2ccc(Cl)cc2/C=C2\C(=O)NC(=O)N(c3ccccc3)C2=O)cc1C. The first-order valence-corrected chi connectivity index (χ1v) is 10.7. The van der Waals surface area contributed by atoms with E-state index < -0.39 is 17.8 Å². The lowest BCUT2D eigenvalue weighted by Gasteiger charge is -2.26. The number of nitrogens with one attached hydrogen (secondary N) is 1. The lowest BCUT2D eigenvalue weighted by Crippen LogP contribution is -2.54. The van der Waals surface area contributed by atoms with Crippen LogP contribution >= 0.6 is 11.6 Å². The van der Waals surface area contributed by atoms with Crippen molar-refractivity contribution < 1.29 is 19.1 Å². The molecule has 1 fully saturated rings. The zero-order chi connectivity index (χ0) is 23.5. The highest BCUT2D eigenvalue weighted by Gasteiger charge is 2.36. The normalized spacial score (nSPS) is 15.1. The standard InChI is InChI=1S/C26H21ClN2O4/c1-16-8-9-18(12-17(16)2)15-33-23-11-10-20(27)13-19(23)14-22-24(30)28-26(32)29(25(22)31)21-6-4-3-5-7-21/h3-14H,15H2,1-2H3,(H,28,30,32)/b22-14+. The van der Waals surface area contributed by atoms with Crippen LogP contribution in [0.2, 0.25) is 5.02 Å². The molecule has 3 aromatic carbocycles. The second-order valence-corrected chi connectivity index (χ2v) is 8.12. The highest BCUT2D eigenvalue weighted by molar-refractivity contribution is 6.39. The summed E-state index contributed by atoms with van der Waals surface area (Å²) < 4.78 is 5.99. The van der Waals surface area contributed by atoms with E-state index in [-0.39, 0.29) is 5.57 Å². The third kappa shape index (κ3) is 4.81. The number of aryl methyl sites for hydroxylation is 2. The van der Waals surface area contributed by atoms with E-state index in [0.717, 1.165) is 16.0 Å². The number of carbonyl (C=O) groups excluding carboxylic acids is 3. The van der Waals surface area contributed by atoms with Crippen molar-refractivity contribution in [3.63, 3.8) is 0 Å². The molecule has 1 aliphatic rings. The Kier molecular flexibility index (Phi) is 6.29. The van der Waals surface area contributed by atoms with E-state index in [2.05, 4.69) is 5.32 Å². The maximum Gasteiger partial charge on any atom is 0.335 e. The average Bonchev–Trinajstić information content (AvgIpc) is 2.79. The van der Waals surface area contributed by atoms with Gasteiger partial charge in [0.15, 0.2) is 0 Å². The fourth-order valence-corrected chi connectivity index (χ4v) is 3.62. The molecular formula is C26H21ClN2O4. The van der Waals surface area contributed by atoms with Crippen molar-refractivity contribution in [2.75, 3.05) is 4.90 Å². The van der Waals surface area contributed by atoms with Gasteiger partial charge < -0.3 is 4.74 Å². The van der Waals surface area contributed by atoms with E-state index in [9.17, 15) is 14.4 Å². The molecule has 1 heterocycles. The lowest BCUT2D eigenvalue weighted by molar-refractivity contribution is -0.122. The summed E-state index contributed by atoms with van der Waals surface area (Å²) in [6.45, 7) is 4.37. The van der Waals surface area contributed by atoms with Crippen LogP contribution in [-0.4, -0.2) is 17.8 Å². The van der Waals surface area contributed by atoms with Crippen LogP contribution in [0.3, 0.4) is 0 Å². The second-order valence-electron chi connectivity index (χ2n) is 7.68. The molecule has 6 nitrogen and oxygen atoms in total. The van der Waals surface area contributed by atoms with Crippen molar-refractivity contribution in [3.8, 4) is 5.75 Å². The number of amides is 4. The van der Waals surface area contributed by atoms with Gasteiger partial charge in [-0.2, -0.15) is 0 Å². The lowest BCUT2D eigenvalue weighted by atomic mass is 10.1. The van der Waals surface area contributed by atoms with Gasteiger partial charge in [0.05, 0.1) is 5.69 Å². The summed E-state index contributed by atoms with van der Waals surface area (Å²) in [5, 5.41) is 2.63. The fourth-order valence-electron chi connectivity index (χ4n) is 3.44. The molecule has 0 atom stereocenters. The summed E-state index contributed by atoms with van der Waals surface area (Å²) in [7, 11) is 0. The number of para-hydroxylation sites is 1. The number of nitrogens with zero attached hydrogens (tertiary/aromatic N) is 1. The number of urea groups is 1. The van der Waals surface area contributed by atoms with Gasteiger partial charge in [-0.3, -0.25) is 14.9 Å². The Hall–Kier alpha value is -3.90. The Morgan fingerprint density at radius 3 is 2.42 bits per heavy atom. The van der Waals surface area contributed by atoms with Crippen molar-refractivity contribution >= 4 is 41.2 Å². The van der Waals surface area contributed by atoms with E-state index in [1.807, 2.05) is 32.0 Å². The second kappa shape index (κ2) is 9.30. The van der Waals surface area contributed by atoms with Gasteiger partial charge in [0.1, 0.15) is 17.9 Å². The van der Waals surface area contributed by atoms with E-state index in [1.54, 1.807) is 48.5 Å². The Balaban J connectivity index is 1.66. The number of carbonyl (C=O) groups is 3. The largest absolute Gasteiger partial charge is 0.488 e. The molecule has 0 aliphatic carbocycles. The van der Waals surface area contributed by atoms with E-state index >= 15 is 0 Å². The quantitative estimate of drug-likeness (QED) is 0.419. The topological polar surface area (TPSA) is 75.7 Å². The Morgan fingerprint density at radius 2 is 1.70 bits per heavy atom. The molecule has 3 aromatic rings. The summed E-state index contributed by atoms with van der Waals surface area (Å²) in [5.74, 6) is -1.05. The van der Waals surface area contributed by atoms with Crippen LogP contribution in [0.4, 0.5) is 10.5 Å². The molecule has 0 bridgehead atoms. The van der Waals surface area contributed by atoms with Crippen molar-refractivity contribution in [2.45, 2.75) is 20.5 Å². The van der Waals surface area contributed by atoms with Crippen LogP contribution in [-0.2, 0) is 16.2 Å². The molecule has 4 amide bonds. The molecule has 1 N–H and O–H groups in total. The summed E-state index contributed by atoms with van der Waals surface area (Å²) in [5.41, 5.74) is 3.94. The highest BCUT2D eigenvalue weighted by Crippen LogP contribution is 2.28. The molecule has 0 unspecified atom stereocenters. The molecule has 1 aliphatic heterocycles. The fraction of sp³-hybridized carbons (Fsp3) is 0.115. The van der Waals surface area contributed by atoms with Crippen molar-refractivity contribution in [2.24, 2.45) is 0 Å². The van der Waals surface area contributed by atoms with E-state index in [1.165, 1.54) is 11.6 Å². The number of anilines is 1. The van der Waals surface area contributed by atoms with Gasteiger partial charge in [0, 0.05) is 10.6 Å². The number of rotatable bonds is 5. The molecule has 4 rings (SSSR count). The van der Waals surface area contributed by atoms with Crippen LogP contribution in [0.15, 0.2) is 72.3 Å². The van der Waals surface area contributed by atoms with Gasteiger partial charge in [-0.1, -0.05) is 48.0 Å². The predicted octanol–water partition coefficient (Wildman–Crippen LogP) is 5.20.